The molecule has 1 fully saturated rings. The summed E-state index contributed by atoms with van der Waals surface area (Å²) in [6.45, 7) is 0.494. The quantitative estimate of drug-likeness (QED) is 0.371. The molecule has 6 heteroatoms. The van der Waals surface area contributed by atoms with E-state index >= 15 is 0 Å². The fraction of sp³-hybridized carbons (Fsp3) is 0.917. The molecule has 0 aromatic rings. The monoisotopic (exact) mass is 445 g/mol. The van der Waals surface area contributed by atoms with E-state index < -0.39 is 0 Å². The maximum Gasteiger partial charge on any atom is 4.00 e. The largest absolute Gasteiger partial charge is 4.00 e. The second kappa shape index (κ2) is 23.1. The Hall–Kier alpha value is 1.00. The SMILES string of the molecule is C[N-]C.C[N-]C.C[N-]COC1CCCC1Cl.[CH3-].[Hf+4]. The standard InChI is InChI=1S/C7H13ClNO.2C2H6N.CH3.Hf/c1-9-5-10-7-4-2-3-6(7)8;2*1-3-2;;/h6-7H,2-5H2,1H3;2*1-2H3;1H3;/q4*-1;+4. The zero-order valence-electron chi connectivity index (χ0n) is 12.6. The van der Waals surface area contributed by atoms with Crippen molar-refractivity contribution in [3.63, 3.8) is 0 Å². The predicted octanol–water partition coefficient (Wildman–Crippen LogP) is 3.81. The van der Waals surface area contributed by atoms with Gasteiger partial charge in [-0.1, -0.05) is 0 Å². The Bertz CT molecular complexity index is 132. The Morgan fingerprint density at radius 3 is 1.78 bits per heavy atom. The normalized spacial score (nSPS) is 20.3. The molecule has 0 heterocycles. The maximum atomic E-state index is 5.95. The Morgan fingerprint density at radius 2 is 1.50 bits per heavy atom. The molecule has 0 radical (unpaired) electrons. The third kappa shape index (κ3) is 19.3. The van der Waals surface area contributed by atoms with Crippen LogP contribution < -0.4 is 0 Å². The summed E-state index contributed by atoms with van der Waals surface area (Å²) in [5.74, 6) is 0. The number of hydrogen-bond acceptors (Lipinski definition) is 1. The number of ether oxygens (including phenoxy) is 1. The van der Waals surface area contributed by atoms with E-state index in [9.17, 15) is 0 Å². The van der Waals surface area contributed by atoms with Gasteiger partial charge in [-0.3, -0.25) is 0 Å². The molecule has 0 amide bonds. The maximum absolute atomic E-state index is 5.95. The van der Waals surface area contributed by atoms with Crippen molar-refractivity contribution in [2.24, 2.45) is 0 Å². The summed E-state index contributed by atoms with van der Waals surface area (Å²) >= 11 is 5.95. The van der Waals surface area contributed by atoms with Crippen molar-refractivity contribution in [3.05, 3.63) is 23.4 Å². The summed E-state index contributed by atoms with van der Waals surface area (Å²) in [5.41, 5.74) is 0. The minimum absolute atomic E-state index is 0. The van der Waals surface area contributed by atoms with E-state index in [2.05, 4.69) is 16.0 Å². The van der Waals surface area contributed by atoms with E-state index in [1.54, 1.807) is 35.2 Å². The molecule has 0 N–H and O–H groups in total. The molecule has 1 aliphatic rings. The summed E-state index contributed by atoms with van der Waals surface area (Å²) in [4.78, 5) is 0. The van der Waals surface area contributed by atoms with E-state index in [0.717, 1.165) is 12.8 Å². The molecule has 1 aliphatic carbocycles. The first kappa shape index (κ1) is 27.4. The van der Waals surface area contributed by atoms with E-state index in [1.165, 1.54) is 6.42 Å². The van der Waals surface area contributed by atoms with Gasteiger partial charge in [0.15, 0.2) is 0 Å². The average Bonchev–Trinajstić information content (AvgIpc) is 2.63. The number of halogens is 1. The minimum atomic E-state index is 0. The molecular weight excluding hydrogens is 416 g/mol. The van der Waals surface area contributed by atoms with Crippen molar-refractivity contribution in [3.8, 4) is 0 Å². The molecule has 0 spiro atoms. The molecule has 0 saturated heterocycles. The molecule has 1 rings (SSSR count). The topological polar surface area (TPSA) is 51.5 Å². The second-order valence-corrected chi connectivity index (χ2v) is 4.05. The zero-order chi connectivity index (χ0) is 12.8. The van der Waals surface area contributed by atoms with Crippen LogP contribution in [0.2, 0.25) is 0 Å². The van der Waals surface area contributed by atoms with Gasteiger partial charge in [0.2, 0.25) is 0 Å². The molecule has 0 aliphatic heterocycles. The van der Waals surface area contributed by atoms with Crippen molar-refractivity contribution in [2.75, 3.05) is 42.0 Å². The van der Waals surface area contributed by atoms with Gasteiger partial charge in [0.1, 0.15) is 0 Å². The molecular formula is C12H28ClHfN3O. The van der Waals surface area contributed by atoms with Crippen LogP contribution in [0.5, 0.6) is 0 Å². The Balaban J connectivity index is -0.000000106. The van der Waals surface area contributed by atoms with Gasteiger partial charge in [-0.25, -0.2) is 0 Å². The third-order valence-electron chi connectivity index (χ3n) is 1.79. The first-order valence-corrected chi connectivity index (χ1v) is 5.88. The van der Waals surface area contributed by atoms with Gasteiger partial charge in [0.05, 0.1) is 11.5 Å². The third-order valence-corrected chi connectivity index (χ3v) is 2.29. The molecule has 0 bridgehead atoms. The Kier molecular flexibility index (Phi) is 35.1. The van der Waals surface area contributed by atoms with E-state index in [4.69, 9.17) is 16.3 Å². The van der Waals surface area contributed by atoms with Crippen molar-refractivity contribution >= 4 is 11.6 Å². The summed E-state index contributed by atoms with van der Waals surface area (Å²) in [6, 6.07) is 0. The van der Waals surface area contributed by atoms with Crippen molar-refractivity contribution in [2.45, 2.75) is 30.7 Å². The zero-order valence-corrected chi connectivity index (χ0v) is 17.0. The summed E-state index contributed by atoms with van der Waals surface area (Å²) < 4.78 is 5.37. The van der Waals surface area contributed by atoms with Crippen molar-refractivity contribution in [1.29, 1.82) is 0 Å². The number of hydrogen-bond donors (Lipinski definition) is 0. The van der Waals surface area contributed by atoms with Crippen LogP contribution in [0.4, 0.5) is 0 Å². The van der Waals surface area contributed by atoms with Crippen molar-refractivity contribution in [1.82, 2.24) is 0 Å². The Morgan fingerprint density at radius 1 is 1.06 bits per heavy atom. The molecule has 2 atom stereocenters. The van der Waals surface area contributed by atoms with E-state index in [-0.39, 0.29) is 44.8 Å². The van der Waals surface area contributed by atoms with Gasteiger partial charge in [0, 0.05) is 0 Å². The Labute approximate surface area is 138 Å². The smallest absolute Gasteiger partial charge is 0.668 e. The fourth-order valence-electron chi connectivity index (χ4n) is 1.24. The molecule has 18 heavy (non-hydrogen) atoms. The van der Waals surface area contributed by atoms with Gasteiger partial charge >= 0.3 is 25.8 Å². The molecule has 0 aromatic heterocycles. The van der Waals surface area contributed by atoms with E-state index in [1.807, 2.05) is 0 Å². The van der Waals surface area contributed by atoms with Crippen molar-refractivity contribution < 1.29 is 30.6 Å². The predicted molar refractivity (Wildman–Crippen MR) is 79.3 cm³/mol. The van der Waals surface area contributed by atoms with Gasteiger partial charge in [-0.05, 0) is 26.0 Å². The molecule has 0 aromatic carbocycles. The van der Waals surface area contributed by atoms with Gasteiger partial charge in [0.25, 0.3) is 0 Å². The molecule has 108 valence electrons. The van der Waals surface area contributed by atoms with E-state index in [0.29, 0.717) is 6.73 Å². The fourth-order valence-corrected chi connectivity index (χ4v) is 1.59. The van der Waals surface area contributed by atoms with Crippen LogP contribution in [0.3, 0.4) is 0 Å². The second-order valence-electron chi connectivity index (χ2n) is 3.49. The van der Waals surface area contributed by atoms with Gasteiger partial charge < -0.3 is 28.1 Å². The van der Waals surface area contributed by atoms with Crippen LogP contribution in [0.25, 0.3) is 16.0 Å². The molecule has 2 unspecified atom stereocenters. The average molecular weight is 444 g/mol. The van der Waals surface area contributed by atoms with Crippen LogP contribution in [-0.4, -0.2) is 53.5 Å². The van der Waals surface area contributed by atoms with Gasteiger partial charge in [-0.15, -0.1) is 11.6 Å². The summed E-state index contributed by atoms with van der Waals surface area (Å²) in [6.07, 6.45) is 3.65. The number of alkyl halides is 1. The molecule has 4 nitrogen and oxygen atoms in total. The van der Waals surface area contributed by atoms with Crippen LogP contribution in [0.15, 0.2) is 0 Å². The van der Waals surface area contributed by atoms with Crippen LogP contribution in [-0.2, 0) is 30.6 Å². The van der Waals surface area contributed by atoms with Crippen LogP contribution in [0, 0.1) is 7.43 Å². The van der Waals surface area contributed by atoms with Crippen LogP contribution in [0.1, 0.15) is 19.3 Å². The first-order chi connectivity index (χ1) is 7.67. The first-order valence-electron chi connectivity index (χ1n) is 5.44. The number of nitrogens with zero attached hydrogens (tertiary/aromatic N) is 3. The minimum Gasteiger partial charge on any atom is -0.668 e. The van der Waals surface area contributed by atoms with Gasteiger partial charge in [-0.2, -0.15) is 35.2 Å². The summed E-state index contributed by atoms with van der Waals surface area (Å²) in [7, 11) is 8.75. The molecule has 1 saturated carbocycles. The van der Waals surface area contributed by atoms with Crippen LogP contribution >= 0.6 is 11.6 Å². The summed E-state index contributed by atoms with van der Waals surface area (Å²) in [5, 5.41) is 11.1. The number of rotatable bonds is 3.